The smallest absolute Gasteiger partial charge is 0.116 e. The molecular weight excluding hydrogens is 136 g/mol. The summed E-state index contributed by atoms with van der Waals surface area (Å²) in [6.07, 6.45) is 8.96. The molecule has 1 heterocycles. The summed E-state index contributed by atoms with van der Waals surface area (Å²) in [5.41, 5.74) is 0. The quantitative estimate of drug-likeness (QED) is 0.518. The molecule has 0 aromatic carbocycles. The zero-order valence-corrected chi connectivity index (χ0v) is 6.49. The first-order valence-electron chi connectivity index (χ1n) is 3.84. The molecule has 0 saturated carbocycles. The summed E-state index contributed by atoms with van der Waals surface area (Å²) in [6, 6.07) is 0. The number of hydrogen-bond donors (Lipinski definition) is 0. The van der Waals surface area contributed by atoms with Gasteiger partial charge in [-0.15, -0.1) is 0 Å². The average molecular weight is 146 g/mol. The van der Waals surface area contributed by atoms with E-state index in [1.807, 2.05) is 6.20 Å². The highest BCUT2D eigenvalue weighted by molar-refractivity contribution is 5.36. The lowest BCUT2D eigenvalue weighted by Crippen LogP contribution is -2.31. The van der Waals surface area contributed by atoms with Crippen LogP contribution in [0.25, 0.3) is 12.2 Å². The van der Waals surface area contributed by atoms with Gasteiger partial charge < -0.3 is 0 Å². The van der Waals surface area contributed by atoms with Crippen molar-refractivity contribution in [2.75, 3.05) is 0 Å². The average Bonchev–Trinajstić information content (AvgIpc) is 2.04. The minimum atomic E-state index is 0.623. The maximum Gasteiger partial charge on any atom is 0.116 e. The van der Waals surface area contributed by atoms with Gasteiger partial charge in [-0.2, -0.15) is 0 Å². The number of aromatic nitrogens is 2. The van der Waals surface area contributed by atoms with Crippen molar-refractivity contribution in [3.05, 3.63) is 23.1 Å². The first-order chi connectivity index (χ1) is 5.36. The van der Waals surface area contributed by atoms with Crippen LogP contribution in [0.4, 0.5) is 0 Å². The second-order valence-electron chi connectivity index (χ2n) is 2.95. The maximum absolute atomic E-state index is 4.17. The van der Waals surface area contributed by atoms with Crippen molar-refractivity contribution < 1.29 is 0 Å². The molecule has 0 saturated heterocycles. The Bertz CT molecular complexity index is 367. The van der Waals surface area contributed by atoms with Crippen molar-refractivity contribution in [3.8, 4) is 0 Å². The summed E-state index contributed by atoms with van der Waals surface area (Å²) in [7, 11) is 0. The zero-order chi connectivity index (χ0) is 7.68. The molecule has 2 nitrogen and oxygen atoms in total. The number of rotatable bonds is 0. The Kier molecular flexibility index (Phi) is 1.46. The molecule has 11 heavy (non-hydrogen) atoms. The molecule has 1 aliphatic carbocycles. The highest BCUT2D eigenvalue weighted by Gasteiger charge is 2.00. The molecule has 1 aromatic heterocycles. The normalized spacial score (nSPS) is 21.4. The molecule has 0 fully saturated rings. The molecule has 1 aromatic rings. The summed E-state index contributed by atoms with van der Waals surface area (Å²) in [4.78, 5) is 8.13. The van der Waals surface area contributed by atoms with Gasteiger partial charge in [-0.25, -0.2) is 9.97 Å². The molecule has 0 radical (unpaired) electrons. The van der Waals surface area contributed by atoms with Crippen molar-refractivity contribution >= 4 is 12.2 Å². The van der Waals surface area contributed by atoms with Crippen LogP contribution in [0.3, 0.4) is 0 Å². The van der Waals surface area contributed by atoms with Gasteiger partial charge in [-0.3, -0.25) is 0 Å². The van der Waals surface area contributed by atoms with Gasteiger partial charge in [0, 0.05) is 11.4 Å². The van der Waals surface area contributed by atoms with Gasteiger partial charge in [0.1, 0.15) is 6.33 Å². The Labute approximate surface area is 65.3 Å². The van der Waals surface area contributed by atoms with Gasteiger partial charge in [0.2, 0.25) is 0 Å². The summed E-state index contributed by atoms with van der Waals surface area (Å²) >= 11 is 0. The Balaban J connectivity index is 2.73. The van der Waals surface area contributed by atoms with Gasteiger partial charge in [-0.1, -0.05) is 19.1 Å². The van der Waals surface area contributed by atoms with Crippen molar-refractivity contribution in [3.63, 3.8) is 0 Å². The van der Waals surface area contributed by atoms with Crippen LogP contribution in [0.1, 0.15) is 13.3 Å². The summed E-state index contributed by atoms with van der Waals surface area (Å²) in [5, 5.41) is 2.25. The van der Waals surface area contributed by atoms with Crippen LogP contribution >= 0.6 is 0 Å². The topological polar surface area (TPSA) is 25.8 Å². The second-order valence-corrected chi connectivity index (χ2v) is 2.95. The van der Waals surface area contributed by atoms with Crippen LogP contribution in [0.2, 0.25) is 0 Å². The Morgan fingerprint density at radius 3 is 3.36 bits per heavy atom. The molecule has 0 bridgehead atoms. The van der Waals surface area contributed by atoms with Crippen molar-refractivity contribution in [1.29, 1.82) is 0 Å². The van der Waals surface area contributed by atoms with E-state index in [4.69, 9.17) is 0 Å². The van der Waals surface area contributed by atoms with Crippen molar-refractivity contribution in [2.45, 2.75) is 13.3 Å². The molecular formula is C9H10N2. The second kappa shape index (κ2) is 2.46. The lowest BCUT2D eigenvalue weighted by Gasteiger charge is -2.05. The summed E-state index contributed by atoms with van der Waals surface area (Å²) < 4.78 is 0. The van der Waals surface area contributed by atoms with E-state index >= 15 is 0 Å². The van der Waals surface area contributed by atoms with Gasteiger partial charge in [0.25, 0.3) is 0 Å². The van der Waals surface area contributed by atoms with Crippen LogP contribution in [-0.2, 0) is 0 Å². The Morgan fingerprint density at radius 2 is 2.45 bits per heavy atom. The van der Waals surface area contributed by atoms with E-state index in [-0.39, 0.29) is 0 Å². The lowest BCUT2D eigenvalue weighted by atomic mass is 10.0. The monoisotopic (exact) mass is 146 g/mol. The number of hydrogen-bond acceptors (Lipinski definition) is 2. The van der Waals surface area contributed by atoms with Gasteiger partial charge >= 0.3 is 0 Å². The molecule has 0 spiro atoms. The van der Waals surface area contributed by atoms with Crippen LogP contribution in [0.5, 0.6) is 0 Å². The highest BCUT2D eigenvalue weighted by atomic mass is 14.8. The minimum absolute atomic E-state index is 0.623. The predicted octanol–water partition coefficient (Wildman–Crippen LogP) is 0.0774. The molecule has 1 aliphatic rings. The first kappa shape index (κ1) is 6.53. The standard InChI is InChI=1S/C9H10N2/c1-7-2-3-8-5-10-6-11-9(8)4-7/h3-7H,2H2,1H3/t7-/m1/s1. The molecule has 56 valence electrons. The molecule has 0 aliphatic heterocycles. The molecule has 0 unspecified atom stereocenters. The third kappa shape index (κ3) is 1.16. The van der Waals surface area contributed by atoms with E-state index in [2.05, 4.69) is 29.0 Å². The fourth-order valence-electron chi connectivity index (χ4n) is 1.30. The summed E-state index contributed by atoms with van der Waals surface area (Å²) in [5.74, 6) is 0.623. The van der Waals surface area contributed by atoms with E-state index in [0.717, 1.165) is 11.8 Å². The van der Waals surface area contributed by atoms with Gasteiger partial charge in [0.05, 0.1) is 5.35 Å². The van der Waals surface area contributed by atoms with Crippen molar-refractivity contribution in [1.82, 2.24) is 9.97 Å². The minimum Gasteiger partial charge on any atom is -0.244 e. The zero-order valence-electron chi connectivity index (χ0n) is 6.49. The van der Waals surface area contributed by atoms with E-state index in [1.54, 1.807) is 6.33 Å². The van der Waals surface area contributed by atoms with Crippen molar-refractivity contribution in [2.24, 2.45) is 5.92 Å². The Hall–Kier alpha value is -1.18. The van der Waals surface area contributed by atoms with Crippen LogP contribution < -0.4 is 10.6 Å². The molecule has 0 amide bonds. The molecule has 2 heteroatoms. The predicted molar refractivity (Wildman–Crippen MR) is 44.0 cm³/mol. The van der Waals surface area contributed by atoms with E-state index in [9.17, 15) is 0 Å². The van der Waals surface area contributed by atoms with E-state index in [0.29, 0.717) is 5.92 Å². The largest absolute Gasteiger partial charge is 0.244 e. The fraction of sp³-hybridized carbons (Fsp3) is 0.333. The molecule has 2 rings (SSSR count). The van der Waals surface area contributed by atoms with Crippen LogP contribution in [0.15, 0.2) is 12.5 Å². The van der Waals surface area contributed by atoms with Gasteiger partial charge in [0.15, 0.2) is 0 Å². The molecule has 0 N–H and O–H groups in total. The van der Waals surface area contributed by atoms with E-state index in [1.165, 1.54) is 5.22 Å². The lowest BCUT2D eigenvalue weighted by molar-refractivity contribution is 0.792. The van der Waals surface area contributed by atoms with E-state index < -0.39 is 0 Å². The third-order valence-electron chi connectivity index (χ3n) is 1.92. The molecule has 1 atom stereocenters. The summed E-state index contributed by atoms with van der Waals surface area (Å²) in [6.45, 7) is 2.20. The fourth-order valence-corrected chi connectivity index (χ4v) is 1.30. The van der Waals surface area contributed by atoms with Crippen LogP contribution in [-0.4, -0.2) is 9.97 Å². The SMILES string of the molecule is C[C@H]1C=c2ncncc2=CC1. The highest BCUT2D eigenvalue weighted by Crippen LogP contribution is 2.04. The number of fused-ring (bicyclic) bond motifs is 1. The third-order valence-corrected chi connectivity index (χ3v) is 1.92. The number of nitrogens with zero attached hydrogens (tertiary/aromatic N) is 2. The van der Waals surface area contributed by atoms with Crippen LogP contribution in [0, 0.1) is 5.92 Å². The maximum atomic E-state index is 4.17. The first-order valence-corrected chi connectivity index (χ1v) is 3.84. The Morgan fingerprint density at radius 1 is 1.55 bits per heavy atom. The van der Waals surface area contributed by atoms with Gasteiger partial charge in [-0.05, 0) is 12.3 Å².